The molecule has 2 aromatic rings. The van der Waals surface area contributed by atoms with Crippen molar-refractivity contribution in [3.63, 3.8) is 0 Å². The molecular formula is C25H31N3O3. The van der Waals surface area contributed by atoms with Crippen LogP contribution >= 0.6 is 0 Å². The first-order valence-electron chi connectivity index (χ1n) is 11.3. The molecule has 1 aromatic heterocycles. The Labute approximate surface area is 184 Å². The van der Waals surface area contributed by atoms with Crippen molar-refractivity contribution in [3.05, 3.63) is 59.9 Å². The van der Waals surface area contributed by atoms with E-state index in [0.717, 1.165) is 37.4 Å². The second-order valence-electron chi connectivity index (χ2n) is 8.55. The monoisotopic (exact) mass is 421 g/mol. The van der Waals surface area contributed by atoms with E-state index in [2.05, 4.69) is 4.98 Å². The van der Waals surface area contributed by atoms with E-state index in [1.807, 2.05) is 53.1 Å². The van der Waals surface area contributed by atoms with Crippen molar-refractivity contribution in [2.45, 2.75) is 45.1 Å². The number of benzene rings is 1. The van der Waals surface area contributed by atoms with E-state index in [0.29, 0.717) is 31.5 Å². The van der Waals surface area contributed by atoms with Crippen LogP contribution in [-0.2, 0) is 4.79 Å². The van der Waals surface area contributed by atoms with E-state index >= 15 is 0 Å². The Hall–Kier alpha value is -2.89. The summed E-state index contributed by atoms with van der Waals surface area (Å²) in [6.45, 7) is 4.67. The van der Waals surface area contributed by atoms with Gasteiger partial charge in [-0.15, -0.1) is 0 Å². The predicted octanol–water partition coefficient (Wildman–Crippen LogP) is 3.70. The summed E-state index contributed by atoms with van der Waals surface area (Å²) >= 11 is 0. The SMILES string of the molecule is Cc1ncccc1C(=O)N1CC[C@H](Oc2ccccc2)[C@@H](CC(=O)N2CCCCC2)C1. The Morgan fingerprint density at radius 3 is 2.52 bits per heavy atom. The number of aromatic nitrogens is 1. The van der Waals surface area contributed by atoms with Crippen molar-refractivity contribution in [2.75, 3.05) is 26.2 Å². The van der Waals surface area contributed by atoms with Gasteiger partial charge in [0.2, 0.25) is 5.91 Å². The molecule has 6 nitrogen and oxygen atoms in total. The van der Waals surface area contributed by atoms with Crippen LogP contribution in [0.1, 0.15) is 48.2 Å². The minimum atomic E-state index is -0.0878. The highest BCUT2D eigenvalue weighted by Gasteiger charge is 2.36. The molecule has 0 aliphatic carbocycles. The van der Waals surface area contributed by atoms with Crippen molar-refractivity contribution < 1.29 is 14.3 Å². The maximum atomic E-state index is 13.2. The molecule has 3 heterocycles. The van der Waals surface area contributed by atoms with Gasteiger partial charge < -0.3 is 14.5 Å². The summed E-state index contributed by atoms with van der Waals surface area (Å²) in [4.78, 5) is 34.3. The largest absolute Gasteiger partial charge is 0.490 e. The average molecular weight is 422 g/mol. The summed E-state index contributed by atoms with van der Waals surface area (Å²) in [5.74, 6) is 0.938. The van der Waals surface area contributed by atoms with Gasteiger partial charge >= 0.3 is 0 Å². The molecule has 6 heteroatoms. The molecule has 0 unspecified atom stereocenters. The lowest BCUT2D eigenvalue weighted by molar-refractivity contribution is -0.134. The van der Waals surface area contributed by atoms with Gasteiger partial charge in [0, 0.05) is 56.8 Å². The first-order chi connectivity index (χ1) is 15.1. The first-order valence-corrected chi connectivity index (χ1v) is 11.3. The third-order valence-electron chi connectivity index (χ3n) is 6.37. The number of hydrogen-bond donors (Lipinski definition) is 0. The molecule has 0 radical (unpaired) electrons. The highest BCUT2D eigenvalue weighted by molar-refractivity contribution is 5.95. The summed E-state index contributed by atoms with van der Waals surface area (Å²) in [6, 6.07) is 13.4. The molecule has 1 aromatic carbocycles. The Balaban J connectivity index is 1.49. The summed E-state index contributed by atoms with van der Waals surface area (Å²) < 4.78 is 6.29. The van der Waals surface area contributed by atoms with Gasteiger partial charge in [-0.3, -0.25) is 14.6 Å². The maximum Gasteiger partial charge on any atom is 0.255 e. The molecule has 0 bridgehead atoms. The molecule has 31 heavy (non-hydrogen) atoms. The van der Waals surface area contributed by atoms with E-state index in [-0.39, 0.29) is 23.8 Å². The lowest BCUT2D eigenvalue weighted by Gasteiger charge is -2.39. The Morgan fingerprint density at radius 2 is 1.77 bits per heavy atom. The van der Waals surface area contributed by atoms with Crippen LogP contribution in [0.3, 0.4) is 0 Å². The fourth-order valence-corrected chi connectivity index (χ4v) is 4.60. The van der Waals surface area contributed by atoms with Gasteiger partial charge in [-0.2, -0.15) is 0 Å². The number of carbonyl (C=O) groups excluding carboxylic acids is 2. The lowest BCUT2D eigenvalue weighted by Crippen LogP contribution is -2.50. The summed E-state index contributed by atoms with van der Waals surface area (Å²) in [5.41, 5.74) is 1.36. The van der Waals surface area contributed by atoms with Crippen molar-refractivity contribution in [1.82, 2.24) is 14.8 Å². The number of aryl methyl sites for hydroxylation is 1. The zero-order valence-corrected chi connectivity index (χ0v) is 18.2. The molecule has 2 fully saturated rings. The summed E-state index contributed by atoms with van der Waals surface area (Å²) in [7, 11) is 0. The fourth-order valence-electron chi connectivity index (χ4n) is 4.60. The fraction of sp³-hybridized carbons (Fsp3) is 0.480. The molecule has 164 valence electrons. The van der Waals surface area contributed by atoms with Gasteiger partial charge in [-0.25, -0.2) is 0 Å². The van der Waals surface area contributed by atoms with E-state index in [4.69, 9.17) is 4.74 Å². The molecule has 0 spiro atoms. The van der Waals surface area contributed by atoms with Gasteiger partial charge in [0.1, 0.15) is 11.9 Å². The molecule has 0 saturated carbocycles. The standard InChI is InChI=1S/C25H31N3O3/c1-19-22(11-8-13-26-19)25(30)28-16-12-23(31-21-9-4-2-5-10-21)20(18-28)17-24(29)27-14-6-3-7-15-27/h2,4-5,8-11,13,20,23H,3,6-7,12,14-18H2,1H3/t20-,23-/m0/s1. The maximum absolute atomic E-state index is 13.2. The predicted molar refractivity (Wildman–Crippen MR) is 119 cm³/mol. The van der Waals surface area contributed by atoms with E-state index in [1.165, 1.54) is 6.42 Å². The van der Waals surface area contributed by atoms with E-state index in [1.54, 1.807) is 12.3 Å². The number of pyridine rings is 1. The number of para-hydroxylation sites is 1. The third kappa shape index (κ3) is 5.24. The lowest BCUT2D eigenvalue weighted by atomic mass is 9.90. The third-order valence-corrected chi connectivity index (χ3v) is 6.37. The Morgan fingerprint density at radius 1 is 1.00 bits per heavy atom. The highest BCUT2D eigenvalue weighted by Crippen LogP contribution is 2.28. The van der Waals surface area contributed by atoms with Crippen LogP contribution in [0.25, 0.3) is 0 Å². The van der Waals surface area contributed by atoms with Gasteiger partial charge in [0.25, 0.3) is 5.91 Å². The van der Waals surface area contributed by atoms with Crippen LogP contribution in [0.5, 0.6) is 5.75 Å². The van der Waals surface area contributed by atoms with Crippen molar-refractivity contribution in [1.29, 1.82) is 0 Å². The molecule has 2 saturated heterocycles. The summed E-state index contributed by atoms with van der Waals surface area (Å²) in [6.07, 6.45) is 6.07. The first kappa shape index (κ1) is 21.3. The highest BCUT2D eigenvalue weighted by atomic mass is 16.5. The Kier molecular flexibility index (Phi) is 6.85. The van der Waals surface area contributed by atoms with Crippen molar-refractivity contribution in [3.8, 4) is 5.75 Å². The summed E-state index contributed by atoms with van der Waals surface area (Å²) in [5, 5.41) is 0. The number of likely N-dealkylation sites (tertiary alicyclic amines) is 2. The number of carbonyl (C=O) groups is 2. The molecule has 2 aliphatic heterocycles. The number of nitrogens with zero attached hydrogens (tertiary/aromatic N) is 3. The quantitative estimate of drug-likeness (QED) is 0.739. The normalized spacial score (nSPS) is 21.6. The number of piperidine rings is 2. The van der Waals surface area contributed by atoms with Crippen LogP contribution in [-0.4, -0.2) is 58.9 Å². The smallest absolute Gasteiger partial charge is 0.255 e. The molecule has 2 amide bonds. The minimum absolute atomic E-state index is 0.0146. The van der Waals surface area contributed by atoms with Crippen LogP contribution in [0.15, 0.2) is 48.7 Å². The zero-order valence-electron chi connectivity index (χ0n) is 18.2. The van der Waals surface area contributed by atoms with E-state index in [9.17, 15) is 9.59 Å². The molecular weight excluding hydrogens is 390 g/mol. The zero-order chi connectivity index (χ0) is 21.6. The molecule has 2 atom stereocenters. The van der Waals surface area contributed by atoms with E-state index < -0.39 is 0 Å². The van der Waals surface area contributed by atoms with Gasteiger partial charge in [0.15, 0.2) is 0 Å². The number of hydrogen-bond acceptors (Lipinski definition) is 4. The van der Waals surface area contributed by atoms with Crippen LogP contribution in [0.2, 0.25) is 0 Å². The minimum Gasteiger partial charge on any atom is -0.490 e. The van der Waals surface area contributed by atoms with Crippen LogP contribution in [0.4, 0.5) is 0 Å². The van der Waals surface area contributed by atoms with Crippen LogP contribution < -0.4 is 4.74 Å². The Bertz CT molecular complexity index is 896. The average Bonchev–Trinajstić information content (AvgIpc) is 2.81. The van der Waals surface area contributed by atoms with Gasteiger partial charge in [-0.05, 0) is 50.5 Å². The second kappa shape index (κ2) is 9.94. The van der Waals surface area contributed by atoms with Crippen molar-refractivity contribution in [2.24, 2.45) is 5.92 Å². The van der Waals surface area contributed by atoms with Crippen molar-refractivity contribution >= 4 is 11.8 Å². The topological polar surface area (TPSA) is 62.7 Å². The number of ether oxygens (including phenoxy) is 1. The molecule has 0 N–H and O–H groups in total. The number of amides is 2. The molecule has 2 aliphatic rings. The van der Waals surface area contributed by atoms with Crippen LogP contribution in [0, 0.1) is 12.8 Å². The number of rotatable bonds is 5. The second-order valence-corrected chi connectivity index (χ2v) is 8.55. The van der Waals surface area contributed by atoms with Gasteiger partial charge in [0.05, 0.1) is 5.56 Å². The molecule has 4 rings (SSSR count). The van der Waals surface area contributed by atoms with Gasteiger partial charge in [-0.1, -0.05) is 18.2 Å².